The molecule has 5 heteroatoms. The molecule has 1 rings (SSSR count). The first-order valence-electron chi connectivity index (χ1n) is 6.95. The van der Waals surface area contributed by atoms with Gasteiger partial charge in [-0.3, -0.25) is 9.59 Å². The predicted octanol–water partition coefficient (Wildman–Crippen LogP) is 2.68. The molecule has 0 saturated carbocycles. The number of benzene rings is 1. The number of nitrogens with one attached hydrogen (secondary N) is 1. The monoisotopic (exact) mass is 309 g/mol. The molecule has 0 aliphatic heterocycles. The van der Waals surface area contributed by atoms with Gasteiger partial charge in [-0.2, -0.15) is 0 Å². The molecule has 0 heterocycles. The lowest BCUT2D eigenvalue weighted by Crippen LogP contribution is -2.38. The molecule has 0 aliphatic rings. The fourth-order valence-corrected chi connectivity index (χ4v) is 2.92. The summed E-state index contributed by atoms with van der Waals surface area (Å²) in [4.78, 5) is 22.1. The van der Waals surface area contributed by atoms with E-state index in [4.69, 9.17) is 5.11 Å². The molecule has 116 valence electrons. The standard InChI is InChI=1S/C16H23NO3S/c1-12(17-14(18)10-21-11-15(19)20)9-16(2,3)13-7-5-4-6-8-13/h4-8,12H,9-11H2,1-3H3,(H,17,18)(H,19,20). The molecule has 1 aromatic carbocycles. The van der Waals surface area contributed by atoms with Gasteiger partial charge in [0, 0.05) is 6.04 Å². The molecular formula is C16H23NO3S. The van der Waals surface area contributed by atoms with E-state index in [0.717, 1.165) is 18.2 Å². The molecule has 0 saturated heterocycles. The maximum absolute atomic E-state index is 11.7. The van der Waals surface area contributed by atoms with Gasteiger partial charge in [0.15, 0.2) is 0 Å². The average Bonchev–Trinajstić information content (AvgIpc) is 2.38. The third kappa shape index (κ3) is 6.67. The SMILES string of the molecule is CC(CC(C)(C)c1ccccc1)NC(=O)CSCC(=O)O. The number of amides is 1. The summed E-state index contributed by atoms with van der Waals surface area (Å²) in [5.41, 5.74) is 1.22. The van der Waals surface area contributed by atoms with Gasteiger partial charge in [-0.05, 0) is 24.3 Å². The zero-order valence-electron chi connectivity index (χ0n) is 12.8. The Morgan fingerprint density at radius 2 is 1.86 bits per heavy atom. The number of carbonyl (C=O) groups is 2. The van der Waals surface area contributed by atoms with Crippen molar-refractivity contribution < 1.29 is 14.7 Å². The van der Waals surface area contributed by atoms with Gasteiger partial charge in [0.2, 0.25) is 5.91 Å². The van der Waals surface area contributed by atoms with Gasteiger partial charge in [0.1, 0.15) is 0 Å². The highest BCUT2D eigenvalue weighted by Gasteiger charge is 2.23. The highest BCUT2D eigenvalue weighted by molar-refractivity contribution is 8.00. The van der Waals surface area contributed by atoms with Gasteiger partial charge in [0.05, 0.1) is 11.5 Å². The molecule has 0 radical (unpaired) electrons. The van der Waals surface area contributed by atoms with E-state index in [1.165, 1.54) is 5.56 Å². The van der Waals surface area contributed by atoms with Gasteiger partial charge in [-0.15, -0.1) is 11.8 Å². The van der Waals surface area contributed by atoms with Crippen molar-refractivity contribution in [1.82, 2.24) is 5.32 Å². The summed E-state index contributed by atoms with van der Waals surface area (Å²) in [6.45, 7) is 6.29. The third-order valence-electron chi connectivity index (χ3n) is 3.24. The number of carbonyl (C=O) groups excluding carboxylic acids is 1. The fourth-order valence-electron chi connectivity index (χ4n) is 2.37. The van der Waals surface area contributed by atoms with Crippen molar-refractivity contribution in [2.24, 2.45) is 0 Å². The molecule has 0 aromatic heterocycles. The fraction of sp³-hybridized carbons (Fsp3) is 0.500. The Labute approximate surface area is 130 Å². The van der Waals surface area contributed by atoms with E-state index in [9.17, 15) is 9.59 Å². The zero-order valence-corrected chi connectivity index (χ0v) is 13.6. The van der Waals surface area contributed by atoms with Crippen LogP contribution in [-0.2, 0) is 15.0 Å². The molecular weight excluding hydrogens is 286 g/mol. The van der Waals surface area contributed by atoms with E-state index in [1.54, 1.807) is 0 Å². The van der Waals surface area contributed by atoms with Gasteiger partial charge in [0.25, 0.3) is 0 Å². The summed E-state index contributed by atoms with van der Waals surface area (Å²) < 4.78 is 0. The van der Waals surface area contributed by atoms with Gasteiger partial charge in [-0.25, -0.2) is 0 Å². The lowest BCUT2D eigenvalue weighted by molar-refractivity contribution is -0.133. The molecule has 1 aromatic rings. The van der Waals surface area contributed by atoms with Crippen molar-refractivity contribution in [3.8, 4) is 0 Å². The van der Waals surface area contributed by atoms with Gasteiger partial charge >= 0.3 is 5.97 Å². The molecule has 0 aliphatic carbocycles. The molecule has 21 heavy (non-hydrogen) atoms. The van der Waals surface area contributed by atoms with Crippen molar-refractivity contribution in [3.05, 3.63) is 35.9 Å². The van der Waals surface area contributed by atoms with Crippen LogP contribution in [0.2, 0.25) is 0 Å². The molecule has 1 amide bonds. The molecule has 1 unspecified atom stereocenters. The highest BCUT2D eigenvalue weighted by Crippen LogP contribution is 2.28. The minimum atomic E-state index is -0.897. The number of hydrogen-bond donors (Lipinski definition) is 2. The summed E-state index contributed by atoms with van der Waals surface area (Å²) in [5.74, 6) is -0.872. The number of carboxylic acids is 1. The Balaban J connectivity index is 2.44. The minimum absolute atomic E-state index is 0.0256. The van der Waals surface area contributed by atoms with Crippen LogP contribution < -0.4 is 5.32 Å². The van der Waals surface area contributed by atoms with E-state index in [1.807, 2.05) is 25.1 Å². The predicted molar refractivity (Wildman–Crippen MR) is 86.7 cm³/mol. The molecule has 2 N–H and O–H groups in total. The first-order valence-corrected chi connectivity index (χ1v) is 8.11. The summed E-state index contributed by atoms with van der Waals surface area (Å²) in [6, 6.07) is 10.3. The maximum atomic E-state index is 11.7. The summed E-state index contributed by atoms with van der Waals surface area (Å²) in [7, 11) is 0. The van der Waals surface area contributed by atoms with Crippen LogP contribution in [0.1, 0.15) is 32.8 Å². The topological polar surface area (TPSA) is 66.4 Å². The Morgan fingerprint density at radius 3 is 2.43 bits per heavy atom. The lowest BCUT2D eigenvalue weighted by atomic mass is 9.79. The van der Waals surface area contributed by atoms with Crippen LogP contribution in [0.3, 0.4) is 0 Å². The summed E-state index contributed by atoms with van der Waals surface area (Å²) in [5, 5.41) is 11.5. The molecule has 0 bridgehead atoms. The number of rotatable bonds is 8. The van der Waals surface area contributed by atoms with Gasteiger partial charge in [-0.1, -0.05) is 44.2 Å². The van der Waals surface area contributed by atoms with Crippen molar-refractivity contribution in [2.45, 2.75) is 38.6 Å². The average molecular weight is 309 g/mol. The maximum Gasteiger partial charge on any atom is 0.313 e. The molecule has 0 spiro atoms. The second-order valence-corrected chi connectivity index (χ2v) is 6.79. The highest BCUT2D eigenvalue weighted by atomic mass is 32.2. The quantitative estimate of drug-likeness (QED) is 0.775. The molecule has 4 nitrogen and oxygen atoms in total. The number of carboxylic acid groups (broad SMARTS) is 1. The van der Waals surface area contributed by atoms with Crippen molar-refractivity contribution in [1.29, 1.82) is 0 Å². The minimum Gasteiger partial charge on any atom is -0.481 e. The number of hydrogen-bond acceptors (Lipinski definition) is 3. The second kappa shape index (κ2) is 8.08. The van der Waals surface area contributed by atoms with E-state index in [2.05, 4.69) is 31.3 Å². The van der Waals surface area contributed by atoms with Crippen molar-refractivity contribution in [3.63, 3.8) is 0 Å². The van der Waals surface area contributed by atoms with Crippen LogP contribution >= 0.6 is 11.8 Å². The Morgan fingerprint density at radius 1 is 1.24 bits per heavy atom. The second-order valence-electron chi connectivity index (χ2n) is 5.81. The van der Waals surface area contributed by atoms with Gasteiger partial charge < -0.3 is 10.4 Å². The van der Waals surface area contributed by atoms with Crippen molar-refractivity contribution >= 4 is 23.6 Å². The Kier molecular flexibility index (Phi) is 6.75. The molecule has 0 fully saturated rings. The van der Waals surface area contributed by atoms with Crippen LogP contribution in [0.4, 0.5) is 0 Å². The van der Waals surface area contributed by atoms with Crippen LogP contribution in [0.25, 0.3) is 0 Å². The number of thioether (sulfide) groups is 1. The first-order chi connectivity index (χ1) is 9.81. The van der Waals surface area contributed by atoms with Crippen LogP contribution in [0.15, 0.2) is 30.3 Å². The van der Waals surface area contributed by atoms with E-state index >= 15 is 0 Å². The van der Waals surface area contributed by atoms with E-state index in [0.29, 0.717) is 0 Å². The smallest absolute Gasteiger partial charge is 0.313 e. The zero-order chi connectivity index (χ0) is 15.9. The van der Waals surface area contributed by atoms with E-state index < -0.39 is 5.97 Å². The first kappa shape index (κ1) is 17.6. The van der Waals surface area contributed by atoms with Crippen LogP contribution in [-0.4, -0.2) is 34.5 Å². The Hall–Kier alpha value is -1.49. The largest absolute Gasteiger partial charge is 0.481 e. The molecule has 1 atom stereocenters. The lowest BCUT2D eigenvalue weighted by Gasteiger charge is -2.29. The normalized spacial score (nSPS) is 12.7. The van der Waals surface area contributed by atoms with Crippen LogP contribution in [0.5, 0.6) is 0 Å². The van der Waals surface area contributed by atoms with Crippen molar-refractivity contribution in [2.75, 3.05) is 11.5 Å². The summed E-state index contributed by atoms with van der Waals surface area (Å²) in [6.07, 6.45) is 0.826. The Bertz CT molecular complexity index is 474. The van der Waals surface area contributed by atoms with E-state index in [-0.39, 0.29) is 28.9 Å². The summed E-state index contributed by atoms with van der Waals surface area (Å²) >= 11 is 1.11. The third-order valence-corrected chi connectivity index (χ3v) is 4.16. The number of aliphatic carboxylic acids is 1. The van der Waals surface area contributed by atoms with Crippen LogP contribution in [0, 0.1) is 0 Å².